The van der Waals surface area contributed by atoms with Crippen molar-refractivity contribution in [3.63, 3.8) is 0 Å². The minimum absolute atomic E-state index is 0.0122. The summed E-state index contributed by atoms with van der Waals surface area (Å²) >= 11 is 0. The molecule has 0 saturated carbocycles. The number of carbonyl (C=O) groups is 3. The van der Waals surface area contributed by atoms with Crippen molar-refractivity contribution >= 4 is 17.7 Å². The highest BCUT2D eigenvalue weighted by atomic mass is 19.1. The summed E-state index contributed by atoms with van der Waals surface area (Å²) in [4.78, 5) is 43.4. The van der Waals surface area contributed by atoms with Gasteiger partial charge in [0, 0.05) is 50.2 Å². The summed E-state index contributed by atoms with van der Waals surface area (Å²) < 4.78 is 25.2. The Balaban J connectivity index is 1.34. The molecule has 0 aliphatic carbocycles. The smallest absolute Gasteiger partial charge is 0.256 e. The van der Waals surface area contributed by atoms with Crippen LogP contribution in [0.25, 0.3) is 0 Å². The van der Waals surface area contributed by atoms with E-state index in [4.69, 9.17) is 9.47 Å². The number of nitrogens with one attached hydrogen (secondary N) is 1. The minimum atomic E-state index is -0.994. The second kappa shape index (κ2) is 10.6. The molecule has 5 rings (SSSR count). The average Bonchev–Trinajstić information content (AvgIpc) is 3.56. The van der Waals surface area contributed by atoms with E-state index in [1.54, 1.807) is 15.9 Å². The fourth-order valence-electron chi connectivity index (χ4n) is 5.46. The van der Waals surface area contributed by atoms with Gasteiger partial charge in [0.2, 0.25) is 5.91 Å². The van der Waals surface area contributed by atoms with Gasteiger partial charge in [-0.05, 0) is 56.2 Å². The predicted octanol–water partition coefficient (Wildman–Crippen LogP) is 2.90. The van der Waals surface area contributed by atoms with E-state index in [0.717, 1.165) is 18.4 Å². The summed E-state index contributed by atoms with van der Waals surface area (Å²) in [5, 5.41) is 2.96. The molecule has 2 atom stereocenters. The highest BCUT2D eigenvalue weighted by molar-refractivity contribution is 5.99. The third kappa shape index (κ3) is 5.24. The van der Waals surface area contributed by atoms with Gasteiger partial charge in [-0.1, -0.05) is 17.7 Å². The Hall–Kier alpha value is -3.30. The van der Waals surface area contributed by atoms with Crippen LogP contribution in [0, 0.1) is 12.7 Å². The number of halogens is 1. The molecule has 0 bridgehead atoms. The molecule has 0 radical (unpaired) electrons. The maximum absolute atomic E-state index is 13.8. The number of hydrogen-bond donors (Lipinski definition) is 1. The molecule has 3 fully saturated rings. The summed E-state index contributed by atoms with van der Waals surface area (Å²) in [6.07, 6.45) is 2.60. The van der Waals surface area contributed by atoms with Gasteiger partial charge < -0.3 is 19.7 Å². The first-order chi connectivity index (χ1) is 17.9. The summed E-state index contributed by atoms with van der Waals surface area (Å²) in [5.41, 5.74) is 0.848. The molecule has 1 N–H and O–H groups in total. The fraction of sp³-hybridized carbons (Fsp3) is 0.464. The van der Waals surface area contributed by atoms with Crippen LogP contribution >= 0.6 is 0 Å². The number of rotatable bonds is 5. The number of carbonyl (C=O) groups excluding carboxylic acids is 3. The largest absolute Gasteiger partial charge is 0.376 e. The van der Waals surface area contributed by atoms with Gasteiger partial charge in [-0.3, -0.25) is 19.3 Å². The Kier molecular flexibility index (Phi) is 7.26. The average molecular weight is 510 g/mol. The van der Waals surface area contributed by atoms with Crippen LogP contribution in [0.4, 0.5) is 4.39 Å². The van der Waals surface area contributed by atoms with E-state index in [0.29, 0.717) is 50.2 Å². The SMILES string of the molecule is Cc1cccc(C(=O)N2[C@@H](C(=O)NC[C@@H]3CCCO3)COC23CCN(C(=O)c2ccc(F)cc2)CC3)c1. The Morgan fingerprint density at radius 2 is 1.81 bits per heavy atom. The van der Waals surface area contributed by atoms with Gasteiger partial charge >= 0.3 is 0 Å². The molecular weight excluding hydrogens is 477 g/mol. The molecule has 37 heavy (non-hydrogen) atoms. The quantitative estimate of drug-likeness (QED) is 0.670. The summed E-state index contributed by atoms with van der Waals surface area (Å²) in [5.74, 6) is -1.13. The summed E-state index contributed by atoms with van der Waals surface area (Å²) in [6, 6.07) is 12.0. The lowest BCUT2D eigenvalue weighted by atomic mass is 9.95. The number of ether oxygens (including phenoxy) is 2. The fourth-order valence-corrected chi connectivity index (χ4v) is 5.46. The molecule has 2 aromatic carbocycles. The second-order valence-corrected chi connectivity index (χ2v) is 10.00. The van der Waals surface area contributed by atoms with Gasteiger partial charge in [-0.25, -0.2) is 4.39 Å². The van der Waals surface area contributed by atoms with Crippen LogP contribution in [0.2, 0.25) is 0 Å². The number of nitrogens with zero attached hydrogens (tertiary/aromatic N) is 2. The number of piperidine rings is 1. The van der Waals surface area contributed by atoms with E-state index >= 15 is 0 Å². The molecular formula is C28H32FN3O5. The normalized spacial score (nSPS) is 22.9. The molecule has 3 aliphatic heterocycles. The molecule has 3 aliphatic rings. The van der Waals surface area contributed by atoms with Crippen molar-refractivity contribution in [3.8, 4) is 0 Å². The zero-order valence-corrected chi connectivity index (χ0v) is 21.0. The first-order valence-corrected chi connectivity index (χ1v) is 12.8. The van der Waals surface area contributed by atoms with E-state index < -0.39 is 17.6 Å². The number of likely N-dealkylation sites (tertiary alicyclic amines) is 1. The van der Waals surface area contributed by atoms with Crippen molar-refractivity contribution in [2.24, 2.45) is 0 Å². The Bertz CT molecular complexity index is 1160. The van der Waals surface area contributed by atoms with Gasteiger partial charge in [0.1, 0.15) is 17.6 Å². The first-order valence-electron chi connectivity index (χ1n) is 12.8. The van der Waals surface area contributed by atoms with E-state index in [1.807, 2.05) is 25.1 Å². The van der Waals surface area contributed by atoms with Crippen molar-refractivity contribution in [1.29, 1.82) is 0 Å². The van der Waals surface area contributed by atoms with Crippen molar-refractivity contribution in [1.82, 2.24) is 15.1 Å². The van der Waals surface area contributed by atoms with Crippen LogP contribution in [-0.4, -0.2) is 78.2 Å². The maximum atomic E-state index is 13.8. The molecule has 3 heterocycles. The van der Waals surface area contributed by atoms with Crippen LogP contribution < -0.4 is 5.32 Å². The Morgan fingerprint density at radius 1 is 1.05 bits per heavy atom. The van der Waals surface area contributed by atoms with Crippen LogP contribution in [0.15, 0.2) is 48.5 Å². The molecule has 9 heteroatoms. The van der Waals surface area contributed by atoms with E-state index in [1.165, 1.54) is 24.3 Å². The van der Waals surface area contributed by atoms with Gasteiger partial charge in [0.05, 0.1) is 12.7 Å². The van der Waals surface area contributed by atoms with Crippen molar-refractivity contribution in [2.75, 3.05) is 32.8 Å². The van der Waals surface area contributed by atoms with Gasteiger partial charge in [-0.15, -0.1) is 0 Å². The molecule has 0 aromatic heterocycles. The first kappa shape index (κ1) is 25.4. The lowest BCUT2D eigenvalue weighted by Crippen LogP contribution is -2.60. The molecule has 2 aromatic rings. The maximum Gasteiger partial charge on any atom is 0.256 e. The molecule has 196 valence electrons. The standard InChI is InChI=1S/C28H32FN3O5/c1-19-4-2-5-21(16-19)27(35)32-24(25(33)30-17-23-6-3-15-36-23)18-37-28(32)11-13-31(14-12-28)26(34)20-7-9-22(29)10-8-20/h2,4-5,7-10,16,23-24H,3,6,11-15,17-18H2,1H3,(H,30,33)/t23-,24+/m0/s1. The number of hydrogen-bond acceptors (Lipinski definition) is 5. The van der Waals surface area contributed by atoms with Crippen LogP contribution in [0.3, 0.4) is 0 Å². The number of benzene rings is 2. The number of amides is 3. The lowest BCUT2D eigenvalue weighted by molar-refractivity contribution is -0.128. The van der Waals surface area contributed by atoms with Crippen molar-refractivity contribution in [3.05, 3.63) is 71.0 Å². The van der Waals surface area contributed by atoms with Crippen molar-refractivity contribution in [2.45, 2.75) is 50.5 Å². The van der Waals surface area contributed by atoms with Gasteiger partial charge in [0.25, 0.3) is 11.8 Å². The summed E-state index contributed by atoms with van der Waals surface area (Å²) in [6.45, 7) is 3.78. The Morgan fingerprint density at radius 3 is 2.49 bits per heavy atom. The highest BCUT2D eigenvalue weighted by Gasteiger charge is 2.54. The van der Waals surface area contributed by atoms with Crippen molar-refractivity contribution < 1.29 is 28.2 Å². The zero-order chi connectivity index (χ0) is 26.0. The predicted molar refractivity (Wildman–Crippen MR) is 133 cm³/mol. The van der Waals surface area contributed by atoms with Crippen LogP contribution in [0.5, 0.6) is 0 Å². The van der Waals surface area contributed by atoms with E-state index in [-0.39, 0.29) is 30.4 Å². The second-order valence-electron chi connectivity index (χ2n) is 10.00. The molecule has 1 spiro atoms. The van der Waals surface area contributed by atoms with Gasteiger partial charge in [0.15, 0.2) is 0 Å². The third-order valence-corrected chi connectivity index (χ3v) is 7.50. The Labute approximate surface area is 215 Å². The van der Waals surface area contributed by atoms with E-state index in [9.17, 15) is 18.8 Å². The topological polar surface area (TPSA) is 88.2 Å². The highest BCUT2D eigenvalue weighted by Crippen LogP contribution is 2.39. The molecule has 3 saturated heterocycles. The van der Waals surface area contributed by atoms with Crippen LogP contribution in [0.1, 0.15) is 52.0 Å². The van der Waals surface area contributed by atoms with Crippen LogP contribution in [-0.2, 0) is 14.3 Å². The third-order valence-electron chi connectivity index (χ3n) is 7.50. The lowest BCUT2D eigenvalue weighted by Gasteiger charge is -2.44. The monoisotopic (exact) mass is 509 g/mol. The number of aryl methyl sites for hydroxylation is 1. The molecule has 0 unspecified atom stereocenters. The zero-order valence-electron chi connectivity index (χ0n) is 21.0. The molecule has 3 amide bonds. The summed E-state index contributed by atoms with van der Waals surface area (Å²) in [7, 11) is 0. The minimum Gasteiger partial charge on any atom is -0.376 e. The van der Waals surface area contributed by atoms with E-state index in [2.05, 4.69) is 5.32 Å². The molecule has 8 nitrogen and oxygen atoms in total. The van der Waals surface area contributed by atoms with Gasteiger partial charge in [-0.2, -0.15) is 0 Å².